The van der Waals surface area contributed by atoms with Crippen LogP contribution in [0.25, 0.3) is 34.2 Å². The fraction of sp³-hybridized carbons (Fsp3) is 0.185. The molecule has 10 rings (SSSR count). The molecule has 2 atom stereocenters. The van der Waals surface area contributed by atoms with Crippen LogP contribution in [-0.4, -0.2) is 31.4 Å². The van der Waals surface area contributed by atoms with Crippen LogP contribution in [0.15, 0.2) is 191 Å². The molecule has 0 N–H and O–H groups in total. The summed E-state index contributed by atoms with van der Waals surface area (Å²) in [5, 5.41) is 5.50. The Labute approximate surface area is 344 Å². The van der Waals surface area contributed by atoms with Crippen LogP contribution in [0.3, 0.4) is 0 Å². The zero-order valence-electron chi connectivity index (χ0n) is 33.5. The van der Waals surface area contributed by atoms with Crippen molar-refractivity contribution in [3.63, 3.8) is 0 Å². The van der Waals surface area contributed by atoms with Crippen molar-refractivity contribution in [2.45, 2.75) is 51.2 Å². The summed E-state index contributed by atoms with van der Waals surface area (Å²) in [7, 11) is -1.96. The molecule has 0 bridgehead atoms. The summed E-state index contributed by atoms with van der Waals surface area (Å²) < 4.78 is 0. The van der Waals surface area contributed by atoms with E-state index in [0.29, 0.717) is 12.0 Å². The lowest BCUT2D eigenvalue weighted by Gasteiger charge is -2.47. The third kappa shape index (κ3) is 6.86. The highest BCUT2D eigenvalue weighted by molar-refractivity contribution is 6.97. The lowest BCUT2D eigenvalue weighted by molar-refractivity contribution is 0.676. The first-order chi connectivity index (χ1) is 28.5. The van der Waals surface area contributed by atoms with Crippen molar-refractivity contribution in [2.24, 2.45) is 10.9 Å². The van der Waals surface area contributed by atoms with E-state index in [4.69, 9.17) is 9.98 Å². The zero-order chi connectivity index (χ0) is 39.1. The van der Waals surface area contributed by atoms with E-state index < -0.39 is 8.07 Å². The number of rotatable bonds is 7. The maximum atomic E-state index is 4.97. The molecule has 2 aliphatic heterocycles. The number of aliphatic imine (C=N–C) groups is 1. The van der Waals surface area contributed by atoms with Crippen LogP contribution in [0.5, 0.6) is 0 Å². The minimum atomic E-state index is -1.96. The van der Waals surface area contributed by atoms with Gasteiger partial charge in [0.1, 0.15) is 8.07 Å². The van der Waals surface area contributed by atoms with E-state index in [1.807, 2.05) is 6.20 Å². The predicted octanol–water partition coefficient (Wildman–Crippen LogP) is 12.3. The molecule has 1 aromatic heterocycles. The molecule has 3 heterocycles. The lowest BCUT2D eigenvalue weighted by Crippen LogP contribution is -2.54. The number of nitrogens with zero attached hydrogens (tertiary/aromatic N) is 3. The van der Waals surface area contributed by atoms with Gasteiger partial charge in [-0.15, -0.1) is 0 Å². The largest absolute Gasteiger partial charge is 0.338 e. The Morgan fingerprint density at radius 3 is 2.48 bits per heavy atom. The topological polar surface area (TPSA) is 28.5 Å². The van der Waals surface area contributed by atoms with Gasteiger partial charge in [0.25, 0.3) is 0 Å². The lowest BCUT2D eigenvalue weighted by atomic mass is 9.87. The van der Waals surface area contributed by atoms with E-state index in [1.54, 1.807) is 5.20 Å². The molecule has 0 saturated heterocycles. The van der Waals surface area contributed by atoms with Crippen molar-refractivity contribution >= 4 is 47.6 Å². The van der Waals surface area contributed by atoms with Gasteiger partial charge in [0.15, 0.2) is 0 Å². The molecule has 58 heavy (non-hydrogen) atoms. The first kappa shape index (κ1) is 36.3. The number of hydrogen-bond acceptors (Lipinski definition) is 3. The number of allylic oxidation sites excluding steroid dienone is 12. The first-order valence-corrected chi connectivity index (χ1v) is 24.0. The second-order valence-corrected chi connectivity index (χ2v) is 21.1. The molecule has 0 amide bonds. The fourth-order valence-electron chi connectivity index (χ4n) is 9.60. The molecule has 4 heteroatoms. The van der Waals surface area contributed by atoms with E-state index in [2.05, 4.69) is 188 Å². The van der Waals surface area contributed by atoms with E-state index in [9.17, 15) is 0 Å². The molecule has 3 aliphatic carbocycles. The normalized spacial score (nSPS) is 20.9. The van der Waals surface area contributed by atoms with Gasteiger partial charge in [-0.25, -0.2) is 0 Å². The summed E-state index contributed by atoms with van der Waals surface area (Å²) >= 11 is 0. The first-order valence-electron chi connectivity index (χ1n) is 21.0. The molecule has 0 saturated carbocycles. The second kappa shape index (κ2) is 15.3. The summed E-state index contributed by atoms with van der Waals surface area (Å²) in [5.41, 5.74) is 14.2. The maximum Gasteiger partial charge on any atom is 0.117 e. The van der Waals surface area contributed by atoms with Crippen LogP contribution in [-0.2, 0) is 6.42 Å². The summed E-state index contributed by atoms with van der Waals surface area (Å²) in [5.74, 6) is 0.353. The predicted molar refractivity (Wildman–Crippen MR) is 249 cm³/mol. The molecule has 4 aromatic carbocycles. The van der Waals surface area contributed by atoms with Crippen molar-refractivity contribution < 1.29 is 0 Å². The van der Waals surface area contributed by atoms with Gasteiger partial charge >= 0.3 is 0 Å². The summed E-state index contributed by atoms with van der Waals surface area (Å²) in [6.45, 7) is 5.98. The Bertz CT molecular complexity index is 2710. The number of fused-ring (bicyclic) bond motifs is 3. The van der Waals surface area contributed by atoms with Crippen LogP contribution < -0.4 is 10.1 Å². The highest BCUT2D eigenvalue weighted by Gasteiger charge is 2.42. The van der Waals surface area contributed by atoms with Crippen LogP contribution in [0.2, 0.25) is 13.1 Å². The highest BCUT2D eigenvalue weighted by atomic mass is 28.3. The SMILES string of the molecule is C[Si]1(C)C2=C(CC(C=CC3=CC=C(C4=NCCc5ccccc54)CC3)C=C2)N(C2C=CC=CC2)c2cc(C=Cc3ccc(-c4nccc5ccccc45)cc3)ccc21. The van der Waals surface area contributed by atoms with Gasteiger partial charge in [-0.2, -0.15) is 0 Å². The van der Waals surface area contributed by atoms with Gasteiger partial charge in [-0.1, -0.05) is 171 Å². The Hall–Kier alpha value is -6.10. The van der Waals surface area contributed by atoms with Gasteiger partial charge in [-0.05, 0) is 87.8 Å². The Morgan fingerprint density at radius 1 is 0.776 bits per heavy atom. The van der Waals surface area contributed by atoms with Crippen molar-refractivity contribution in [1.82, 2.24) is 4.98 Å². The average Bonchev–Trinajstić information content (AvgIpc) is 3.28. The summed E-state index contributed by atoms with van der Waals surface area (Å²) in [6, 6.07) is 35.7. The Morgan fingerprint density at radius 2 is 1.62 bits per heavy atom. The highest BCUT2D eigenvalue weighted by Crippen LogP contribution is 2.42. The molecular weight excluding hydrogens is 719 g/mol. The van der Waals surface area contributed by atoms with Crippen LogP contribution >= 0.6 is 0 Å². The minimum Gasteiger partial charge on any atom is -0.338 e. The molecule has 5 aromatic rings. The van der Waals surface area contributed by atoms with Crippen LogP contribution in [0.4, 0.5) is 5.69 Å². The molecular formula is C54H49N3Si. The van der Waals surface area contributed by atoms with Crippen molar-refractivity contribution in [3.8, 4) is 11.3 Å². The van der Waals surface area contributed by atoms with Crippen LogP contribution in [0.1, 0.15) is 47.9 Å². The molecule has 0 spiro atoms. The fourth-order valence-corrected chi connectivity index (χ4v) is 12.7. The average molecular weight is 768 g/mol. The number of benzene rings is 4. The smallest absolute Gasteiger partial charge is 0.117 e. The number of pyridine rings is 1. The van der Waals surface area contributed by atoms with Crippen molar-refractivity contribution in [2.75, 3.05) is 11.4 Å². The van der Waals surface area contributed by atoms with E-state index in [1.165, 1.54) is 66.5 Å². The molecule has 5 aliphatic rings. The van der Waals surface area contributed by atoms with Gasteiger partial charge in [0.05, 0.1) is 17.4 Å². The molecule has 0 fully saturated rings. The molecule has 3 nitrogen and oxygen atoms in total. The van der Waals surface area contributed by atoms with E-state index >= 15 is 0 Å². The molecule has 2 unspecified atom stereocenters. The van der Waals surface area contributed by atoms with Crippen LogP contribution in [0, 0.1) is 5.92 Å². The van der Waals surface area contributed by atoms with Gasteiger partial charge in [0.2, 0.25) is 0 Å². The molecule has 0 radical (unpaired) electrons. The minimum absolute atomic E-state index is 0.293. The third-order valence-corrected chi connectivity index (χ3v) is 16.3. The number of aromatic nitrogens is 1. The standard InChI is InChI=1S/C54H49N3Si/c1-58(2)51-30-24-40(18-16-38-20-26-44(27-21-38)53-47-14-8-6-10-42(47)32-34-55-53)36-49(51)57(46-12-4-3-5-13-46)50-37-41(25-31-52(50)58)19-17-39-22-28-45(29-23-39)54-48-15-9-7-11-43(48)33-35-56-54/h3-12,14-22,24-28,30-32,34,36,41,46H,13,23,29,33,35,37H2,1-2H3. The molecule has 284 valence electrons. The van der Waals surface area contributed by atoms with E-state index in [0.717, 1.165) is 49.9 Å². The van der Waals surface area contributed by atoms with E-state index in [-0.39, 0.29) is 0 Å². The van der Waals surface area contributed by atoms with Gasteiger partial charge in [-0.3, -0.25) is 9.98 Å². The summed E-state index contributed by atoms with van der Waals surface area (Å²) in [4.78, 5) is 12.4. The quantitative estimate of drug-likeness (QED) is 0.122. The van der Waals surface area contributed by atoms with Crippen molar-refractivity contribution in [3.05, 3.63) is 208 Å². The summed E-state index contributed by atoms with van der Waals surface area (Å²) in [6.07, 6.45) is 35.2. The zero-order valence-corrected chi connectivity index (χ0v) is 34.5. The maximum absolute atomic E-state index is 4.97. The Kier molecular flexibility index (Phi) is 9.59. The van der Waals surface area contributed by atoms with Crippen molar-refractivity contribution in [1.29, 1.82) is 0 Å². The third-order valence-electron chi connectivity index (χ3n) is 12.8. The Balaban J connectivity index is 0.905. The number of anilines is 1. The van der Waals surface area contributed by atoms with Gasteiger partial charge < -0.3 is 4.90 Å². The number of hydrogen-bond donors (Lipinski definition) is 0. The van der Waals surface area contributed by atoms with Gasteiger partial charge in [0, 0.05) is 46.6 Å². The monoisotopic (exact) mass is 767 g/mol. The second-order valence-electron chi connectivity index (χ2n) is 16.7.